The van der Waals surface area contributed by atoms with Crippen molar-refractivity contribution < 1.29 is 0 Å². The van der Waals surface area contributed by atoms with Crippen LogP contribution in [-0.2, 0) is 0 Å². The van der Waals surface area contributed by atoms with Crippen LogP contribution < -0.4 is 5.43 Å². The van der Waals surface area contributed by atoms with E-state index in [0.717, 1.165) is 6.54 Å². The lowest BCUT2D eigenvalue weighted by Gasteiger charge is -2.09. The minimum absolute atomic E-state index is 0.197. The molecule has 0 fully saturated rings. The van der Waals surface area contributed by atoms with Crippen LogP contribution in [0.2, 0.25) is 0 Å². The van der Waals surface area contributed by atoms with E-state index in [1.165, 1.54) is 0 Å². The van der Waals surface area contributed by atoms with Gasteiger partial charge in [0.25, 0.3) is 0 Å². The third-order valence-corrected chi connectivity index (χ3v) is 0.701. The SMILES string of the molecule is CCN/N=C\C(C)(C)C. The Morgan fingerprint density at radius 2 is 2.00 bits per heavy atom. The third-order valence-electron chi connectivity index (χ3n) is 0.701. The maximum Gasteiger partial charge on any atom is 0.0301 e. The van der Waals surface area contributed by atoms with Crippen LogP contribution >= 0.6 is 0 Å². The van der Waals surface area contributed by atoms with Gasteiger partial charge in [-0.15, -0.1) is 0 Å². The van der Waals surface area contributed by atoms with Crippen molar-refractivity contribution >= 4 is 6.21 Å². The molecule has 0 aromatic rings. The second-order valence-electron chi connectivity index (χ2n) is 3.14. The summed E-state index contributed by atoms with van der Waals surface area (Å²) in [5.41, 5.74) is 3.07. The fourth-order valence-corrected chi connectivity index (χ4v) is 0.331. The van der Waals surface area contributed by atoms with Crippen LogP contribution in [0.1, 0.15) is 27.7 Å². The van der Waals surface area contributed by atoms with Crippen LogP contribution in [0.25, 0.3) is 0 Å². The highest BCUT2D eigenvalue weighted by molar-refractivity contribution is 5.63. The van der Waals surface area contributed by atoms with E-state index in [-0.39, 0.29) is 5.41 Å². The number of rotatable bonds is 2. The molecule has 0 aliphatic rings. The highest BCUT2D eigenvalue weighted by atomic mass is 15.3. The summed E-state index contributed by atoms with van der Waals surface area (Å²) in [5.74, 6) is 0. The molecule has 9 heavy (non-hydrogen) atoms. The van der Waals surface area contributed by atoms with E-state index >= 15 is 0 Å². The Labute approximate surface area is 57.3 Å². The van der Waals surface area contributed by atoms with Gasteiger partial charge in [-0.25, -0.2) is 0 Å². The zero-order chi connectivity index (χ0) is 7.33. The molecule has 0 spiro atoms. The molecular weight excluding hydrogens is 112 g/mol. The number of hydrazone groups is 1. The fourth-order valence-electron chi connectivity index (χ4n) is 0.331. The number of hydrogen-bond donors (Lipinski definition) is 1. The molecule has 0 radical (unpaired) electrons. The molecule has 0 bridgehead atoms. The molecule has 2 heteroatoms. The summed E-state index contributed by atoms with van der Waals surface area (Å²) in [5, 5.41) is 3.99. The lowest BCUT2D eigenvalue weighted by atomic mass is 9.99. The monoisotopic (exact) mass is 128 g/mol. The molecule has 0 atom stereocenters. The molecule has 1 N–H and O–H groups in total. The summed E-state index contributed by atoms with van der Waals surface area (Å²) in [7, 11) is 0. The van der Waals surface area contributed by atoms with Crippen molar-refractivity contribution in [2.75, 3.05) is 6.54 Å². The van der Waals surface area contributed by atoms with Gasteiger partial charge in [0.1, 0.15) is 0 Å². The highest BCUT2D eigenvalue weighted by Crippen LogP contribution is 2.07. The first kappa shape index (κ1) is 8.47. The topological polar surface area (TPSA) is 24.4 Å². The Hall–Kier alpha value is -0.530. The molecule has 0 aromatic heterocycles. The van der Waals surface area contributed by atoms with Crippen molar-refractivity contribution in [3.63, 3.8) is 0 Å². The van der Waals surface area contributed by atoms with Crippen LogP contribution in [0.4, 0.5) is 0 Å². The lowest BCUT2D eigenvalue weighted by molar-refractivity contribution is 0.597. The molecule has 0 rings (SSSR count). The molecule has 54 valence electrons. The summed E-state index contributed by atoms with van der Waals surface area (Å²) >= 11 is 0. The minimum atomic E-state index is 0.197. The molecule has 0 saturated heterocycles. The first-order valence-corrected chi connectivity index (χ1v) is 3.33. The Kier molecular flexibility index (Phi) is 3.28. The average molecular weight is 128 g/mol. The van der Waals surface area contributed by atoms with Gasteiger partial charge in [-0.2, -0.15) is 5.10 Å². The number of hydrogen-bond acceptors (Lipinski definition) is 2. The van der Waals surface area contributed by atoms with Crippen molar-refractivity contribution in [1.29, 1.82) is 0 Å². The molecule has 0 amide bonds. The van der Waals surface area contributed by atoms with E-state index in [1.807, 2.05) is 13.1 Å². The molecular formula is C7H16N2. The van der Waals surface area contributed by atoms with Gasteiger partial charge in [0.2, 0.25) is 0 Å². The van der Waals surface area contributed by atoms with Gasteiger partial charge in [-0.3, -0.25) is 0 Å². The highest BCUT2D eigenvalue weighted by Gasteiger charge is 2.03. The molecule has 0 heterocycles. The van der Waals surface area contributed by atoms with Crippen LogP contribution in [0.5, 0.6) is 0 Å². The third kappa shape index (κ3) is 7.47. The smallest absolute Gasteiger partial charge is 0.0301 e. The average Bonchev–Trinajstić information content (AvgIpc) is 1.63. The van der Waals surface area contributed by atoms with Crippen molar-refractivity contribution in [2.45, 2.75) is 27.7 Å². The van der Waals surface area contributed by atoms with Gasteiger partial charge >= 0.3 is 0 Å². The van der Waals surface area contributed by atoms with E-state index in [9.17, 15) is 0 Å². The van der Waals surface area contributed by atoms with Gasteiger partial charge in [0.05, 0.1) is 0 Å². The number of nitrogens with one attached hydrogen (secondary N) is 1. The molecule has 2 nitrogen and oxygen atoms in total. The Morgan fingerprint density at radius 1 is 1.44 bits per heavy atom. The Morgan fingerprint density at radius 3 is 2.33 bits per heavy atom. The lowest BCUT2D eigenvalue weighted by Crippen LogP contribution is -2.11. The molecule has 0 unspecified atom stereocenters. The second kappa shape index (κ2) is 3.49. The van der Waals surface area contributed by atoms with Crippen LogP contribution in [0.15, 0.2) is 5.10 Å². The Bertz CT molecular complexity index is 89.6. The van der Waals surface area contributed by atoms with Crippen molar-refractivity contribution in [3.8, 4) is 0 Å². The molecule has 0 saturated carbocycles. The summed E-state index contributed by atoms with van der Waals surface area (Å²) < 4.78 is 0. The van der Waals surface area contributed by atoms with Crippen molar-refractivity contribution in [1.82, 2.24) is 5.43 Å². The van der Waals surface area contributed by atoms with Gasteiger partial charge in [0, 0.05) is 12.8 Å². The molecule has 0 aromatic carbocycles. The quantitative estimate of drug-likeness (QED) is 0.443. The first-order chi connectivity index (χ1) is 4.06. The van der Waals surface area contributed by atoms with Crippen LogP contribution in [0, 0.1) is 5.41 Å². The standard InChI is InChI=1S/C7H16N2/c1-5-8-9-6-7(2,3)4/h6,8H,5H2,1-4H3/b9-6-. The predicted molar refractivity (Wildman–Crippen MR) is 41.6 cm³/mol. The van der Waals surface area contributed by atoms with Gasteiger partial charge < -0.3 is 5.43 Å². The fraction of sp³-hybridized carbons (Fsp3) is 0.857. The summed E-state index contributed by atoms with van der Waals surface area (Å²) in [4.78, 5) is 0. The maximum absolute atomic E-state index is 3.99. The van der Waals surface area contributed by atoms with Crippen molar-refractivity contribution in [2.24, 2.45) is 10.5 Å². The first-order valence-electron chi connectivity index (χ1n) is 3.33. The minimum Gasteiger partial charge on any atom is -0.311 e. The molecule has 0 aliphatic heterocycles. The second-order valence-corrected chi connectivity index (χ2v) is 3.14. The van der Waals surface area contributed by atoms with E-state index < -0.39 is 0 Å². The van der Waals surface area contributed by atoms with Crippen molar-refractivity contribution in [3.05, 3.63) is 0 Å². The zero-order valence-corrected chi connectivity index (χ0v) is 6.73. The summed E-state index contributed by atoms with van der Waals surface area (Å²) in [6.45, 7) is 9.28. The van der Waals surface area contributed by atoms with Crippen LogP contribution in [0.3, 0.4) is 0 Å². The van der Waals surface area contributed by atoms with E-state index in [0.29, 0.717) is 0 Å². The van der Waals surface area contributed by atoms with Gasteiger partial charge in [-0.1, -0.05) is 20.8 Å². The normalized spacial score (nSPS) is 12.4. The van der Waals surface area contributed by atoms with Crippen LogP contribution in [-0.4, -0.2) is 12.8 Å². The predicted octanol–water partition coefficient (Wildman–Crippen LogP) is 1.63. The van der Waals surface area contributed by atoms with E-state index in [1.54, 1.807) is 0 Å². The van der Waals surface area contributed by atoms with Gasteiger partial charge in [0.15, 0.2) is 0 Å². The number of nitrogens with zero attached hydrogens (tertiary/aromatic N) is 1. The molecule has 0 aliphatic carbocycles. The maximum atomic E-state index is 3.99. The van der Waals surface area contributed by atoms with Gasteiger partial charge in [-0.05, 0) is 12.3 Å². The Balaban J connectivity index is 3.45. The summed E-state index contributed by atoms with van der Waals surface area (Å²) in [6, 6.07) is 0. The zero-order valence-electron chi connectivity index (χ0n) is 6.73. The van der Waals surface area contributed by atoms with E-state index in [4.69, 9.17) is 0 Å². The largest absolute Gasteiger partial charge is 0.311 e. The van der Waals surface area contributed by atoms with E-state index in [2.05, 4.69) is 31.3 Å². The summed E-state index contributed by atoms with van der Waals surface area (Å²) in [6.07, 6.45) is 1.91.